The summed E-state index contributed by atoms with van der Waals surface area (Å²) in [7, 11) is 20.3. The van der Waals surface area contributed by atoms with E-state index in [9.17, 15) is 9.59 Å². The Bertz CT molecular complexity index is 2700. The summed E-state index contributed by atoms with van der Waals surface area (Å²) in [6.07, 6.45) is 26.4. The van der Waals surface area contributed by atoms with Gasteiger partial charge in [0.2, 0.25) is 0 Å². The van der Waals surface area contributed by atoms with Gasteiger partial charge >= 0.3 is 11.9 Å². The first-order chi connectivity index (χ1) is 33.5. The zero-order valence-electron chi connectivity index (χ0n) is 43.1. The second-order valence-corrected chi connectivity index (χ2v) is 18.0. The lowest BCUT2D eigenvalue weighted by Gasteiger charge is -2.18. The highest BCUT2D eigenvalue weighted by atomic mass is 16.5. The van der Waals surface area contributed by atoms with Crippen molar-refractivity contribution in [3.8, 4) is 0 Å². The number of carbonyl (C=O) groups is 2. The summed E-state index contributed by atoms with van der Waals surface area (Å²) in [5, 5.41) is 8.90. The molecule has 0 saturated carbocycles. The highest BCUT2D eigenvalue weighted by Gasteiger charge is 2.13. The van der Waals surface area contributed by atoms with Crippen molar-refractivity contribution in [2.24, 2.45) is 0 Å². The Labute approximate surface area is 417 Å². The Morgan fingerprint density at radius 2 is 0.843 bits per heavy atom. The van der Waals surface area contributed by atoms with Crippen LogP contribution in [0.15, 0.2) is 169 Å². The third-order valence-corrected chi connectivity index (χ3v) is 11.9. The van der Waals surface area contributed by atoms with Crippen LogP contribution >= 0.6 is 0 Å². The van der Waals surface area contributed by atoms with Gasteiger partial charge in [0.15, 0.2) is 11.4 Å². The summed E-state index contributed by atoms with van der Waals surface area (Å²) >= 11 is 0. The van der Waals surface area contributed by atoms with Crippen molar-refractivity contribution in [2.75, 3.05) is 110 Å². The van der Waals surface area contributed by atoms with E-state index >= 15 is 0 Å². The second kappa shape index (κ2) is 26.1. The number of hydrogen-bond donors (Lipinski definition) is 1. The predicted molar refractivity (Wildman–Crippen MR) is 297 cm³/mol. The first-order valence-corrected chi connectivity index (χ1v) is 23.7. The summed E-state index contributed by atoms with van der Waals surface area (Å²) < 4.78 is 9.23. The summed E-state index contributed by atoms with van der Waals surface area (Å²) in [5.41, 5.74) is 15.9. The Kier molecular flexibility index (Phi) is 19.9. The number of ether oxygens (including phenoxy) is 1. The van der Waals surface area contributed by atoms with Gasteiger partial charge in [-0.1, -0.05) is 72.8 Å². The summed E-state index contributed by atoms with van der Waals surface area (Å²) in [6, 6.07) is 33.8. The lowest BCUT2D eigenvalue weighted by molar-refractivity contribution is -0.462. The predicted octanol–water partition coefficient (Wildman–Crippen LogP) is 10.4. The van der Waals surface area contributed by atoms with E-state index in [0.717, 1.165) is 50.6 Å². The Balaban J connectivity index is 0.000000261. The van der Waals surface area contributed by atoms with Crippen molar-refractivity contribution in [1.82, 2.24) is 0 Å². The molecule has 0 radical (unpaired) electrons. The van der Waals surface area contributed by atoms with E-state index in [1.54, 1.807) is 0 Å². The number of benzene rings is 4. The molecule has 4 aromatic carbocycles. The first-order valence-electron chi connectivity index (χ1n) is 23.7. The molecule has 4 aromatic rings. The molecule has 0 unspecified atom stereocenters. The molecule has 0 aromatic heterocycles. The molecule has 0 spiro atoms. The van der Waals surface area contributed by atoms with Crippen LogP contribution in [0.2, 0.25) is 0 Å². The van der Waals surface area contributed by atoms with Crippen LogP contribution in [-0.4, -0.2) is 128 Å². The minimum atomic E-state index is -0.785. The van der Waals surface area contributed by atoms with Gasteiger partial charge in [-0.2, -0.15) is 0 Å². The molecule has 2 aliphatic rings. The second-order valence-electron chi connectivity index (χ2n) is 18.0. The number of allylic oxidation sites excluding steroid dienone is 14. The van der Waals surface area contributed by atoms with Gasteiger partial charge in [0, 0.05) is 102 Å². The van der Waals surface area contributed by atoms with E-state index in [2.05, 4.69) is 210 Å². The van der Waals surface area contributed by atoms with Crippen molar-refractivity contribution in [3.63, 3.8) is 0 Å². The van der Waals surface area contributed by atoms with E-state index in [-0.39, 0.29) is 12.4 Å². The SMILES string of the molecule is CCOC(=O)CCN(C)c1ccc(/C=C/C(=C2C=CC(=[N+](C)C)C=C2)c2ccc(N(C)C)cc2)cc1.CN(C)c1ccc(C(/C=C/c2ccc(N(C)CCC(=O)O)cc2)=C2C=CC(=[N+](C)C)C=C2)cc1. The van der Waals surface area contributed by atoms with Crippen LogP contribution in [0.1, 0.15) is 42.0 Å². The van der Waals surface area contributed by atoms with Crippen LogP contribution in [0.5, 0.6) is 0 Å². The van der Waals surface area contributed by atoms with Gasteiger partial charge in [-0.3, -0.25) is 9.59 Å². The van der Waals surface area contributed by atoms with Gasteiger partial charge in [0.05, 0.1) is 19.4 Å². The number of esters is 1. The van der Waals surface area contributed by atoms with Crippen LogP contribution in [0.3, 0.4) is 0 Å². The standard InChI is InChI=1S/C31H38N3O2.C29H33N3O2/c1-7-36-31(35)22-23-34(6)29-15-8-24(9-16-29)10-21-30(25-11-17-27(18-12-25)32(2)3)26-13-19-28(20-14-26)33(4)5;1-30(2)25-15-9-23(10-16-25)28(24-11-17-26(18-12-24)31(3)4)19-8-22-6-13-27(14-7-22)32(5)21-20-29(33)34/h8-21H,7,22-23H2,1-6H3;6-19H,20-21H2,1-5H3/q+1;/p+1. The highest BCUT2D eigenvalue weighted by molar-refractivity contribution is 6.04. The van der Waals surface area contributed by atoms with Gasteiger partial charge in [0.25, 0.3) is 0 Å². The van der Waals surface area contributed by atoms with Crippen LogP contribution in [-0.2, 0) is 14.3 Å². The summed E-state index contributed by atoms with van der Waals surface area (Å²) in [5.74, 6) is -0.948. The van der Waals surface area contributed by atoms with Gasteiger partial charge < -0.3 is 29.4 Å². The quantitative estimate of drug-likeness (QED) is 0.0828. The molecule has 0 heterocycles. The number of aliphatic carboxylic acids is 1. The van der Waals surface area contributed by atoms with Crippen molar-refractivity contribution < 1.29 is 28.6 Å². The van der Waals surface area contributed by atoms with Crippen LogP contribution in [0.4, 0.5) is 22.7 Å². The van der Waals surface area contributed by atoms with Crippen LogP contribution in [0, 0.1) is 0 Å². The number of nitrogens with zero attached hydrogens (tertiary/aromatic N) is 6. The number of rotatable bonds is 17. The fourth-order valence-corrected chi connectivity index (χ4v) is 7.53. The van der Waals surface area contributed by atoms with Crippen molar-refractivity contribution in [3.05, 3.63) is 191 Å². The largest absolute Gasteiger partial charge is 0.481 e. The van der Waals surface area contributed by atoms with Crippen molar-refractivity contribution in [2.45, 2.75) is 19.8 Å². The van der Waals surface area contributed by atoms with Crippen molar-refractivity contribution >= 4 is 69.4 Å². The molecule has 10 heteroatoms. The number of hydrogen-bond acceptors (Lipinski definition) is 7. The number of anilines is 4. The van der Waals surface area contributed by atoms with Gasteiger partial charge in [-0.15, -0.1) is 0 Å². The van der Waals surface area contributed by atoms with Gasteiger partial charge in [-0.25, -0.2) is 9.15 Å². The smallest absolute Gasteiger partial charge is 0.307 e. The molecule has 1 N–H and O–H groups in total. The maximum atomic E-state index is 11.7. The van der Waals surface area contributed by atoms with Gasteiger partial charge in [-0.05, 0) is 124 Å². The molecule has 364 valence electrons. The first kappa shape index (κ1) is 53.2. The van der Waals surface area contributed by atoms with E-state index in [1.165, 1.54) is 28.1 Å². The third-order valence-electron chi connectivity index (χ3n) is 11.9. The molecular formula is C60H72N6O4+2. The van der Waals surface area contributed by atoms with Crippen LogP contribution < -0.4 is 19.6 Å². The third kappa shape index (κ3) is 15.9. The molecule has 6 rings (SSSR count). The fraction of sp³-hybridized carbons (Fsp3) is 0.267. The van der Waals surface area contributed by atoms with E-state index < -0.39 is 5.97 Å². The average Bonchev–Trinajstić information content (AvgIpc) is 3.36. The summed E-state index contributed by atoms with van der Waals surface area (Å²) in [4.78, 5) is 30.7. The molecule has 0 amide bonds. The lowest BCUT2D eigenvalue weighted by atomic mass is 9.95. The van der Waals surface area contributed by atoms with E-state index in [0.29, 0.717) is 26.1 Å². The molecule has 2 aliphatic carbocycles. The molecule has 10 nitrogen and oxygen atoms in total. The van der Waals surface area contributed by atoms with E-state index in [1.807, 2.05) is 66.2 Å². The lowest BCUT2D eigenvalue weighted by Crippen LogP contribution is -2.21. The van der Waals surface area contributed by atoms with Crippen molar-refractivity contribution in [1.29, 1.82) is 0 Å². The number of carboxylic acids is 1. The minimum Gasteiger partial charge on any atom is -0.481 e. The topological polar surface area (TPSA) is 82.6 Å². The molecular weight excluding hydrogens is 869 g/mol. The van der Waals surface area contributed by atoms with Crippen LogP contribution in [0.25, 0.3) is 23.3 Å². The Hall–Kier alpha value is -7.72. The molecule has 0 bridgehead atoms. The zero-order valence-corrected chi connectivity index (χ0v) is 43.1. The Morgan fingerprint density at radius 3 is 1.16 bits per heavy atom. The molecule has 0 fully saturated rings. The normalized spacial score (nSPS) is 12.8. The molecule has 0 atom stereocenters. The van der Waals surface area contributed by atoms with E-state index in [4.69, 9.17) is 9.84 Å². The summed E-state index contributed by atoms with van der Waals surface area (Å²) in [6.45, 7) is 3.35. The minimum absolute atomic E-state index is 0.121. The number of carboxylic acid groups (broad SMARTS) is 1. The maximum absolute atomic E-state index is 11.7. The Morgan fingerprint density at radius 1 is 0.500 bits per heavy atom. The maximum Gasteiger partial charge on any atom is 0.307 e. The van der Waals surface area contributed by atoms with Gasteiger partial charge in [0.1, 0.15) is 28.2 Å². The monoisotopic (exact) mass is 941 g/mol. The average molecular weight is 941 g/mol. The fourth-order valence-electron chi connectivity index (χ4n) is 7.53. The highest BCUT2D eigenvalue weighted by Crippen LogP contribution is 2.29. The number of carbonyl (C=O) groups excluding carboxylic acids is 1. The zero-order chi connectivity index (χ0) is 50.7. The molecule has 0 saturated heterocycles. The molecule has 70 heavy (non-hydrogen) atoms. The molecule has 0 aliphatic heterocycles.